The molecular weight excluding hydrogens is 150 g/mol. The second kappa shape index (κ2) is 2.28. The number of nitrogens with one attached hydrogen (secondary N) is 1. The third kappa shape index (κ3) is 0.903. The molecule has 58 valence electrons. The van der Waals surface area contributed by atoms with Gasteiger partial charge in [-0.1, -0.05) is 5.92 Å². The molecule has 0 spiro atoms. The molecule has 0 saturated carbocycles. The Hall–Kier alpha value is -1.95. The molecule has 0 bridgehead atoms. The average Bonchev–Trinajstić information content (AvgIpc) is 2.43. The van der Waals surface area contributed by atoms with Crippen LogP contribution in [0.5, 0.6) is 0 Å². The number of anilines is 1. The second-order valence-corrected chi connectivity index (χ2v) is 2.50. The molecule has 3 heteroatoms. The molecule has 3 N–H and O–H groups in total. The van der Waals surface area contributed by atoms with Crippen molar-refractivity contribution in [2.24, 2.45) is 0 Å². The molecule has 3 nitrogen and oxygen atoms in total. The standard InChI is InChI=1S/C9H7N3/c1-2-6-3-4-7-8(5-6)12-9(10)11-7/h1,3-5H,(H3,10,11,12). The van der Waals surface area contributed by atoms with Crippen molar-refractivity contribution < 1.29 is 0 Å². The predicted molar refractivity (Wildman–Crippen MR) is 48.4 cm³/mol. The number of nitrogens with two attached hydrogens (primary N) is 1. The number of terminal acetylenes is 1. The van der Waals surface area contributed by atoms with Crippen LogP contribution in [0.4, 0.5) is 5.95 Å². The second-order valence-electron chi connectivity index (χ2n) is 2.50. The maximum absolute atomic E-state index is 5.46. The summed E-state index contributed by atoms with van der Waals surface area (Å²) < 4.78 is 0. The molecule has 0 saturated heterocycles. The molecule has 0 amide bonds. The van der Waals surface area contributed by atoms with Gasteiger partial charge in [-0.05, 0) is 18.2 Å². The van der Waals surface area contributed by atoms with Crippen molar-refractivity contribution in [3.05, 3.63) is 23.8 Å². The summed E-state index contributed by atoms with van der Waals surface area (Å²) in [6.45, 7) is 0. The Morgan fingerprint density at radius 3 is 3.08 bits per heavy atom. The molecular formula is C9H7N3. The lowest BCUT2D eigenvalue weighted by Crippen LogP contribution is -1.84. The van der Waals surface area contributed by atoms with Gasteiger partial charge in [-0.15, -0.1) is 6.42 Å². The van der Waals surface area contributed by atoms with Crippen LogP contribution in [0.15, 0.2) is 18.2 Å². The Bertz CT molecular complexity index is 462. The molecule has 0 radical (unpaired) electrons. The van der Waals surface area contributed by atoms with E-state index in [-0.39, 0.29) is 0 Å². The fourth-order valence-corrected chi connectivity index (χ4v) is 1.12. The average molecular weight is 157 g/mol. The number of benzene rings is 1. The van der Waals surface area contributed by atoms with Crippen LogP contribution in [0, 0.1) is 12.3 Å². The molecule has 2 rings (SSSR count). The third-order valence-corrected chi connectivity index (χ3v) is 1.67. The summed E-state index contributed by atoms with van der Waals surface area (Å²) in [4.78, 5) is 6.95. The molecule has 0 unspecified atom stereocenters. The van der Waals surface area contributed by atoms with Crippen LogP contribution >= 0.6 is 0 Å². The Balaban J connectivity index is 2.77. The first-order valence-electron chi connectivity index (χ1n) is 3.51. The zero-order valence-corrected chi connectivity index (χ0v) is 6.33. The zero-order chi connectivity index (χ0) is 8.55. The summed E-state index contributed by atoms with van der Waals surface area (Å²) in [5.74, 6) is 2.96. The number of nitrogens with zero attached hydrogens (tertiary/aromatic N) is 1. The molecule has 12 heavy (non-hydrogen) atoms. The number of rotatable bonds is 0. The summed E-state index contributed by atoms with van der Waals surface area (Å²) in [7, 11) is 0. The molecule has 1 aromatic carbocycles. The highest BCUT2D eigenvalue weighted by atomic mass is 15.0. The van der Waals surface area contributed by atoms with Crippen LogP contribution in [0.3, 0.4) is 0 Å². The topological polar surface area (TPSA) is 54.7 Å². The SMILES string of the molecule is C#Cc1ccc2nc(N)[nH]c2c1. The van der Waals surface area contributed by atoms with Gasteiger partial charge in [0.15, 0.2) is 5.95 Å². The van der Waals surface area contributed by atoms with E-state index < -0.39 is 0 Å². The van der Waals surface area contributed by atoms with Crippen molar-refractivity contribution in [2.75, 3.05) is 5.73 Å². The number of hydrogen-bond donors (Lipinski definition) is 2. The quantitative estimate of drug-likeness (QED) is 0.563. The van der Waals surface area contributed by atoms with Crippen LogP contribution in [-0.2, 0) is 0 Å². The lowest BCUT2D eigenvalue weighted by molar-refractivity contribution is 1.35. The van der Waals surface area contributed by atoms with Crippen molar-refractivity contribution in [3.8, 4) is 12.3 Å². The van der Waals surface area contributed by atoms with E-state index in [1.54, 1.807) is 0 Å². The normalized spacial score (nSPS) is 9.92. The summed E-state index contributed by atoms with van der Waals surface area (Å²) in [5.41, 5.74) is 8.01. The van der Waals surface area contributed by atoms with E-state index in [2.05, 4.69) is 15.9 Å². The van der Waals surface area contributed by atoms with Crippen molar-refractivity contribution in [2.45, 2.75) is 0 Å². The molecule has 0 fully saturated rings. The van der Waals surface area contributed by atoms with Gasteiger partial charge in [0, 0.05) is 5.56 Å². The smallest absolute Gasteiger partial charge is 0.198 e. The minimum Gasteiger partial charge on any atom is -0.369 e. The van der Waals surface area contributed by atoms with Crippen molar-refractivity contribution >= 4 is 17.0 Å². The fraction of sp³-hybridized carbons (Fsp3) is 0. The minimum absolute atomic E-state index is 0.416. The van der Waals surface area contributed by atoms with Crippen LogP contribution in [0.2, 0.25) is 0 Å². The maximum Gasteiger partial charge on any atom is 0.198 e. The van der Waals surface area contributed by atoms with Crippen LogP contribution in [0.1, 0.15) is 5.56 Å². The van der Waals surface area contributed by atoms with Gasteiger partial charge in [-0.25, -0.2) is 4.98 Å². The minimum atomic E-state index is 0.416. The molecule has 0 atom stereocenters. The summed E-state index contributed by atoms with van der Waals surface area (Å²) in [5, 5.41) is 0. The molecule has 0 aliphatic rings. The van der Waals surface area contributed by atoms with Gasteiger partial charge in [0.05, 0.1) is 11.0 Å². The maximum atomic E-state index is 5.46. The lowest BCUT2D eigenvalue weighted by Gasteiger charge is -1.88. The van der Waals surface area contributed by atoms with E-state index >= 15 is 0 Å². The largest absolute Gasteiger partial charge is 0.369 e. The first kappa shape index (κ1) is 6.74. The van der Waals surface area contributed by atoms with E-state index in [0.29, 0.717) is 5.95 Å². The van der Waals surface area contributed by atoms with E-state index in [1.165, 1.54) is 0 Å². The van der Waals surface area contributed by atoms with Gasteiger partial charge in [0.25, 0.3) is 0 Å². The van der Waals surface area contributed by atoms with Crippen molar-refractivity contribution in [3.63, 3.8) is 0 Å². The van der Waals surface area contributed by atoms with Gasteiger partial charge < -0.3 is 10.7 Å². The molecule has 2 aromatic rings. The summed E-state index contributed by atoms with van der Waals surface area (Å²) >= 11 is 0. The third-order valence-electron chi connectivity index (χ3n) is 1.67. The number of imidazole rings is 1. The van der Waals surface area contributed by atoms with Gasteiger partial charge in [0.2, 0.25) is 0 Å². The van der Waals surface area contributed by atoms with Crippen LogP contribution in [0.25, 0.3) is 11.0 Å². The molecule has 0 aliphatic heterocycles. The first-order valence-corrected chi connectivity index (χ1v) is 3.51. The van der Waals surface area contributed by atoms with Gasteiger partial charge >= 0.3 is 0 Å². The molecule has 0 aliphatic carbocycles. The predicted octanol–water partition coefficient (Wildman–Crippen LogP) is 1.13. The number of hydrogen-bond acceptors (Lipinski definition) is 2. The van der Waals surface area contributed by atoms with E-state index in [1.807, 2.05) is 18.2 Å². The zero-order valence-electron chi connectivity index (χ0n) is 6.33. The highest BCUT2D eigenvalue weighted by Gasteiger charge is 1.98. The van der Waals surface area contributed by atoms with Crippen molar-refractivity contribution in [1.82, 2.24) is 9.97 Å². The number of aromatic amines is 1. The Labute approximate surface area is 69.6 Å². The van der Waals surface area contributed by atoms with Gasteiger partial charge in [0.1, 0.15) is 0 Å². The van der Waals surface area contributed by atoms with E-state index in [0.717, 1.165) is 16.6 Å². The molecule has 1 aromatic heterocycles. The highest BCUT2D eigenvalue weighted by Crippen LogP contribution is 2.13. The Morgan fingerprint density at radius 2 is 2.33 bits per heavy atom. The van der Waals surface area contributed by atoms with E-state index in [9.17, 15) is 0 Å². The first-order chi connectivity index (χ1) is 5.79. The Kier molecular flexibility index (Phi) is 1.28. The van der Waals surface area contributed by atoms with E-state index in [4.69, 9.17) is 12.2 Å². The number of aromatic nitrogens is 2. The van der Waals surface area contributed by atoms with Crippen molar-refractivity contribution in [1.29, 1.82) is 0 Å². The molecule has 1 heterocycles. The van der Waals surface area contributed by atoms with Crippen LogP contribution in [-0.4, -0.2) is 9.97 Å². The monoisotopic (exact) mass is 157 g/mol. The number of H-pyrrole nitrogens is 1. The summed E-state index contributed by atoms with van der Waals surface area (Å²) in [6.07, 6.45) is 5.23. The summed E-state index contributed by atoms with van der Waals surface area (Å²) in [6, 6.07) is 5.53. The fourth-order valence-electron chi connectivity index (χ4n) is 1.12. The highest BCUT2D eigenvalue weighted by molar-refractivity contribution is 5.78. The number of nitrogen functional groups attached to an aromatic ring is 1. The lowest BCUT2D eigenvalue weighted by atomic mass is 10.2. The van der Waals surface area contributed by atoms with Crippen LogP contribution < -0.4 is 5.73 Å². The Morgan fingerprint density at radius 1 is 1.50 bits per heavy atom. The number of fused-ring (bicyclic) bond motifs is 1. The van der Waals surface area contributed by atoms with Gasteiger partial charge in [-0.3, -0.25) is 0 Å². The van der Waals surface area contributed by atoms with Gasteiger partial charge in [-0.2, -0.15) is 0 Å².